The van der Waals surface area contributed by atoms with Crippen LogP contribution in [-0.2, 0) is 4.79 Å². The Kier molecular flexibility index (Phi) is 4.31. The number of rotatable bonds is 4. The highest BCUT2D eigenvalue weighted by Crippen LogP contribution is 2.20. The fraction of sp³-hybridized carbons (Fsp3) is 0.417. The van der Waals surface area contributed by atoms with Gasteiger partial charge < -0.3 is 15.4 Å². The molecule has 4 nitrogen and oxygen atoms in total. The summed E-state index contributed by atoms with van der Waals surface area (Å²) in [5.41, 5.74) is 6.49. The number of nitrogens with two attached hydrogens (primary N) is 1. The number of anilines is 1. The number of hydrogen-bond acceptors (Lipinski definition) is 3. The maximum Gasteiger partial charge on any atom is 0.243 e. The van der Waals surface area contributed by atoms with Crippen LogP contribution in [0.1, 0.15) is 13.3 Å². The van der Waals surface area contributed by atoms with E-state index in [-0.39, 0.29) is 5.91 Å². The maximum absolute atomic E-state index is 11.8. The SMILES string of the molecule is CC[C@H](N)C(=O)N(C)c1cccc(OC)c1. The van der Waals surface area contributed by atoms with Crippen LogP contribution >= 0.6 is 0 Å². The van der Waals surface area contributed by atoms with Gasteiger partial charge in [0.15, 0.2) is 0 Å². The molecule has 0 heterocycles. The minimum Gasteiger partial charge on any atom is -0.497 e. The van der Waals surface area contributed by atoms with Crippen LogP contribution in [0, 0.1) is 0 Å². The van der Waals surface area contributed by atoms with Crippen molar-refractivity contribution in [1.82, 2.24) is 0 Å². The van der Waals surface area contributed by atoms with Gasteiger partial charge in [0.1, 0.15) is 5.75 Å². The largest absolute Gasteiger partial charge is 0.497 e. The quantitative estimate of drug-likeness (QED) is 0.837. The first-order chi connectivity index (χ1) is 7.60. The van der Waals surface area contributed by atoms with Crippen molar-refractivity contribution in [2.24, 2.45) is 5.73 Å². The molecule has 0 aliphatic rings. The summed E-state index contributed by atoms with van der Waals surface area (Å²) in [5, 5.41) is 0. The topological polar surface area (TPSA) is 55.6 Å². The summed E-state index contributed by atoms with van der Waals surface area (Å²) in [4.78, 5) is 13.4. The first kappa shape index (κ1) is 12.5. The summed E-state index contributed by atoms with van der Waals surface area (Å²) in [6.45, 7) is 1.89. The second-order valence-electron chi connectivity index (χ2n) is 3.61. The fourth-order valence-electron chi connectivity index (χ4n) is 1.37. The number of ether oxygens (including phenoxy) is 1. The molecule has 1 rings (SSSR count). The highest BCUT2D eigenvalue weighted by Gasteiger charge is 2.17. The summed E-state index contributed by atoms with van der Waals surface area (Å²) >= 11 is 0. The van der Waals surface area contributed by atoms with E-state index >= 15 is 0 Å². The van der Waals surface area contributed by atoms with E-state index in [0.717, 1.165) is 11.4 Å². The van der Waals surface area contributed by atoms with Crippen LogP contribution in [0.4, 0.5) is 5.69 Å². The van der Waals surface area contributed by atoms with E-state index in [1.165, 1.54) is 0 Å². The normalized spacial score (nSPS) is 12.0. The zero-order valence-electron chi connectivity index (χ0n) is 9.93. The van der Waals surface area contributed by atoms with Gasteiger partial charge in [0.2, 0.25) is 5.91 Å². The van der Waals surface area contributed by atoms with Crippen LogP contribution in [0.2, 0.25) is 0 Å². The number of nitrogens with zero attached hydrogens (tertiary/aromatic N) is 1. The van der Waals surface area contributed by atoms with Gasteiger partial charge in [-0.15, -0.1) is 0 Å². The molecule has 0 aliphatic carbocycles. The molecule has 16 heavy (non-hydrogen) atoms. The molecule has 0 fully saturated rings. The van der Waals surface area contributed by atoms with Crippen molar-refractivity contribution in [3.8, 4) is 5.75 Å². The van der Waals surface area contributed by atoms with Crippen LogP contribution in [0.15, 0.2) is 24.3 Å². The van der Waals surface area contributed by atoms with E-state index in [1.807, 2.05) is 25.1 Å². The van der Waals surface area contributed by atoms with Gasteiger partial charge in [0, 0.05) is 18.8 Å². The minimum atomic E-state index is -0.448. The number of carbonyl (C=O) groups is 1. The lowest BCUT2D eigenvalue weighted by Crippen LogP contribution is -2.41. The molecule has 0 unspecified atom stereocenters. The number of benzene rings is 1. The zero-order valence-corrected chi connectivity index (χ0v) is 9.93. The summed E-state index contributed by atoms with van der Waals surface area (Å²) < 4.78 is 5.10. The molecule has 88 valence electrons. The number of methoxy groups -OCH3 is 1. The predicted octanol–water partition coefficient (Wildman–Crippen LogP) is 1.40. The van der Waals surface area contributed by atoms with Crippen molar-refractivity contribution in [3.05, 3.63) is 24.3 Å². The highest BCUT2D eigenvalue weighted by molar-refractivity contribution is 5.96. The molecule has 0 radical (unpaired) electrons. The predicted molar refractivity (Wildman–Crippen MR) is 64.7 cm³/mol. The Morgan fingerprint density at radius 3 is 2.81 bits per heavy atom. The fourth-order valence-corrected chi connectivity index (χ4v) is 1.37. The van der Waals surface area contributed by atoms with Crippen LogP contribution in [-0.4, -0.2) is 26.1 Å². The minimum absolute atomic E-state index is 0.0873. The Hall–Kier alpha value is -1.55. The molecular weight excluding hydrogens is 204 g/mol. The average Bonchev–Trinajstić information content (AvgIpc) is 2.36. The van der Waals surface area contributed by atoms with Gasteiger partial charge >= 0.3 is 0 Å². The van der Waals surface area contributed by atoms with E-state index in [1.54, 1.807) is 25.1 Å². The lowest BCUT2D eigenvalue weighted by atomic mass is 10.2. The van der Waals surface area contributed by atoms with Crippen LogP contribution in [0.3, 0.4) is 0 Å². The van der Waals surface area contributed by atoms with Gasteiger partial charge in [-0.25, -0.2) is 0 Å². The van der Waals surface area contributed by atoms with E-state index in [2.05, 4.69) is 0 Å². The summed E-state index contributed by atoms with van der Waals surface area (Å²) in [7, 11) is 3.31. The van der Waals surface area contributed by atoms with Gasteiger partial charge in [0.05, 0.1) is 13.2 Å². The Balaban J connectivity index is 2.87. The second kappa shape index (κ2) is 5.51. The maximum atomic E-state index is 11.8. The van der Waals surface area contributed by atoms with Crippen LogP contribution in [0.5, 0.6) is 5.75 Å². The number of hydrogen-bond donors (Lipinski definition) is 1. The lowest BCUT2D eigenvalue weighted by molar-refractivity contribution is -0.119. The number of carbonyl (C=O) groups excluding carboxylic acids is 1. The molecule has 0 aliphatic heterocycles. The molecule has 0 saturated carbocycles. The molecule has 1 aromatic rings. The van der Waals surface area contributed by atoms with Crippen molar-refractivity contribution in [2.45, 2.75) is 19.4 Å². The van der Waals surface area contributed by atoms with Gasteiger partial charge in [-0.2, -0.15) is 0 Å². The molecule has 4 heteroatoms. The molecule has 0 aromatic heterocycles. The van der Waals surface area contributed by atoms with Crippen molar-refractivity contribution in [1.29, 1.82) is 0 Å². The van der Waals surface area contributed by atoms with Crippen molar-refractivity contribution >= 4 is 11.6 Å². The molecule has 1 amide bonds. The lowest BCUT2D eigenvalue weighted by Gasteiger charge is -2.21. The van der Waals surface area contributed by atoms with Gasteiger partial charge in [-0.1, -0.05) is 13.0 Å². The third kappa shape index (κ3) is 2.73. The van der Waals surface area contributed by atoms with E-state index in [0.29, 0.717) is 6.42 Å². The standard InChI is InChI=1S/C12H18N2O2/c1-4-11(13)12(15)14(2)9-6-5-7-10(8-9)16-3/h5-8,11H,4,13H2,1-3H3/t11-/m0/s1. The molecular formula is C12H18N2O2. The molecule has 0 spiro atoms. The number of likely N-dealkylation sites (N-methyl/N-ethyl adjacent to an activating group) is 1. The summed E-state index contributed by atoms with van der Waals surface area (Å²) in [6.07, 6.45) is 0.632. The second-order valence-corrected chi connectivity index (χ2v) is 3.61. The first-order valence-corrected chi connectivity index (χ1v) is 5.27. The van der Waals surface area contributed by atoms with Gasteiger partial charge in [-0.3, -0.25) is 4.79 Å². The van der Waals surface area contributed by atoms with E-state index < -0.39 is 6.04 Å². The average molecular weight is 222 g/mol. The molecule has 1 aromatic carbocycles. The Morgan fingerprint density at radius 1 is 1.56 bits per heavy atom. The highest BCUT2D eigenvalue weighted by atomic mass is 16.5. The molecule has 0 bridgehead atoms. The Bertz CT molecular complexity index is 366. The van der Waals surface area contributed by atoms with Crippen molar-refractivity contribution < 1.29 is 9.53 Å². The van der Waals surface area contributed by atoms with Crippen LogP contribution in [0.25, 0.3) is 0 Å². The van der Waals surface area contributed by atoms with Crippen molar-refractivity contribution in [3.63, 3.8) is 0 Å². The monoisotopic (exact) mass is 222 g/mol. The first-order valence-electron chi connectivity index (χ1n) is 5.27. The zero-order chi connectivity index (χ0) is 12.1. The summed E-state index contributed by atoms with van der Waals surface area (Å²) in [5.74, 6) is 0.637. The molecule has 1 atom stereocenters. The molecule has 0 saturated heterocycles. The van der Waals surface area contributed by atoms with Gasteiger partial charge in [-0.05, 0) is 18.6 Å². The molecule has 2 N–H and O–H groups in total. The van der Waals surface area contributed by atoms with Crippen molar-refractivity contribution in [2.75, 3.05) is 19.1 Å². The number of amides is 1. The van der Waals surface area contributed by atoms with E-state index in [4.69, 9.17) is 10.5 Å². The Labute approximate surface area is 96.0 Å². The van der Waals surface area contributed by atoms with Gasteiger partial charge in [0.25, 0.3) is 0 Å². The third-order valence-electron chi connectivity index (χ3n) is 2.53. The smallest absolute Gasteiger partial charge is 0.243 e. The van der Waals surface area contributed by atoms with Crippen LogP contribution < -0.4 is 15.4 Å². The Morgan fingerprint density at radius 2 is 2.25 bits per heavy atom. The summed E-state index contributed by atoms with van der Waals surface area (Å²) in [6, 6.07) is 6.89. The van der Waals surface area contributed by atoms with E-state index in [9.17, 15) is 4.79 Å². The third-order valence-corrected chi connectivity index (χ3v) is 2.53.